The van der Waals surface area contributed by atoms with Gasteiger partial charge in [0.25, 0.3) is 0 Å². The van der Waals surface area contributed by atoms with E-state index < -0.39 is 0 Å². The van der Waals surface area contributed by atoms with Crippen LogP contribution >= 0.6 is 11.8 Å². The fourth-order valence-electron chi connectivity index (χ4n) is 6.07. The number of likely N-dealkylation sites (tertiary alicyclic amines) is 1. The van der Waals surface area contributed by atoms with Crippen LogP contribution in [0.25, 0.3) is 10.9 Å². The molecule has 2 heterocycles. The lowest BCUT2D eigenvalue weighted by Gasteiger charge is -2.47. The fourth-order valence-corrected chi connectivity index (χ4v) is 6.79. The van der Waals surface area contributed by atoms with Crippen LogP contribution in [0, 0.1) is 5.92 Å². The minimum atomic E-state index is 0.656. The van der Waals surface area contributed by atoms with Gasteiger partial charge in [0.15, 0.2) is 0 Å². The van der Waals surface area contributed by atoms with Crippen LogP contribution in [0.5, 0.6) is 5.75 Å². The normalized spacial score (nSPS) is 23.1. The van der Waals surface area contributed by atoms with Crippen LogP contribution in [0.3, 0.4) is 0 Å². The summed E-state index contributed by atoms with van der Waals surface area (Å²) in [5, 5.41) is 1.54. The lowest BCUT2D eigenvalue weighted by atomic mass is 9.72. The molecular weight excluding hydrogens is 400 g/mol. The van der Waals surface area contributed by atoms with Gasteiger partial charge in [0, 0.05) is 42.1 Å². The predicted octanol–water partition coefficient (Wildman–Crippen LogP) is 5.80. The summed E-state index contributed by atoms with van der Waals surface area (Å²) in [6, 6.07) is 16.1. The van der Waals surface area contributed by atoms with Crippen LogP contribution in [0.2, 0.25) is 0 Å². The highest BCUT2D eigenvalue weighted by molar-refractivity contribution is 7.98. The van der Waals surface area contributed by atoms with Crippen molar-refractivity contribution < 1.29 is 4.74 Å². The first-order valence-electron chi connectivity index (χ1n) is 11.7. The van der Waals surface area contributed by atoms with Crippen LogP contribution in [-0.2, 0) is 13.0 Å². The molecule has 0 saturated carbocycles. The molecule has 1 aromatic heterocycles. The second kappa shape index (κ2) is 8.91. The van der Waals surface area contributed by atoms with Crippen molar-refractivity contribution in [2.45, 2.75) is 44.7 Å². The van der Waals surface area contributed by atoms with Crippen molar-refractivity contribution in [2.75, 3.05) is 32.2 Å². The molecule has 2 aromatic carbocycles. The van der Waals surface area contributed by atoms with Gasteiger partial charge in [-0.25, -0.2) is 0 Å². The molecule has 1 aliphatic heterocycles. The topological polar surface area (TPSA) is 17.4 Å². The molecular formula is C27H34N2OS. The SMILES string of the molecule is CCCN1CC(CSC)C[C@@H]2c3cccc4c3c(cn4Cc3cccc(OC)c3)C[C@H]21. The van der Waals surface area contributed by atoms with E-state index in [-0.39, 0.29) is 0 Å². The molecule has 3 aromatic rings. The number of hydrogen-bond acceptors (Lipinski definition) is 3. The Balaban J connectivity index is 1.53. The van der Waals surface area contributed by atoms with Gasteiger partial charge >= 0.3 is 0 Å². The van der Waals surface area contributed by atoms with Crippen LogP contribution in [0.15, 0.2) is 48.7 Å². The zero-order chi connectivity index (χ0) is 21.4. The number of ether oxygens (including phenoxy) is 1. The Morgan fingerprint density at radius 3 is 2.84 bits per heavy atom. The zero-order valence-corrected chi connectivity index (χ0v) is 19.8. The molecule has 3 nitrogen and oxygen atoms in total. The Hall–Kier alpha value is -1.91. The molecule has 0 radical (unpaired) electrons. The number of fused-ring (bicyclic) bond motifs is 2. The molecule has 0 spiro atoms. The third-order valence-electron chi connectivity index (χ3n) is 7.26. The largest absolute Gasteiger partial charge is 0.497 e. The van der Waals surface area contributed by atoms with Crippen molar-refractivity contribution in [3.05, 3.63) is 65.4 Å². The number of methoxy groups -OCH3 is 1. The first-order chi connectivity index (χ1) is 15.2. The molecule has 2 aliphatic rings. The summed E-state index contributed by atoms with van der Waals surface area (Å²) >= 11 is 2.01. The Bertz CT molecular complexity index is 1060. The molecule has 0 bridgehead atoms. The molecule has 1 saturated heterocycles. The molecule has 1 unspecified atom stereocenters. The summed E-state index contributed by atoms with van der Waals surface area (Å²) in [5.74, 6) is 3.68. The van der Waals surface area contributed by atoms with Crippen molar-refractivity contribution in [3.8, 4) is 5.75 Å². The van der Waals surface area contributed by atoms with E-state index in [1.807, 2.05) is 17.8 Å². The number of aromatic nitrogens is 1. The number of hydrogen-bond donors (Lipinski definition) is 0. The third-order valence-corrected chi connectivity index (χ3v) is 8.06. The molecule has 1 aliphatic carbocycles. The van der Waals surface area contributed by atoms with Crippen molar-refractivity contribution >= 4 is 22.7 Å². The molecule has 31 heavy (non-hydrogen) atoms. The maximum absolute atomic E-state index is 5.45. The van der Waals surface area contributed by atoms with Gasteiger partial charge < -0.3 is 9.30 Å². The van der Waals surface area contributed by atoms with Gasteiger partial charge in [-0.15, -0.1) is 0 Å². The van der Waals surface area contributed by atoms with Crippen molar-refractivity contribution in [1.29, 1.82) is 0 Å². The monoisotopic (exact) mass is 434 g/mol. The summed E-state index contributed by atoms with van der Waals surface area (Å²) in [6.45, 7) is 5.71. The molecule has 4 heteroatoms. The highest BCUT2D eigenvalue weighted by Gasteiger charge is 2.40. The fraction of sp³-hybridized carbons (Fsp3) is 0.481. The van der Waals surface area contributed by atoms with Crippen molar-refractivity contribution in [3.63, 3.8) is 0 Å². The highest BCUT2D eigenvalue weighted by atomic mass is 32.2. The minimum Gasteiger partial charge on any atom is -0.497 e. The Morgan fingerprint density at radius 2 is 2.03 bits per heavy atom. The molecule has 0 N–H and O–H groups in total. The lowest BCUT2D eigenvalue weighted by Crippen LogP contribution is -2.50. The van der Waals surface area contributed by atoms with Gasteiger partial charge in [0.2, 0.25) is 0 Å². The summed E-state index contributed by atoms with van der Waals surface area (Å²) in [7, 11) is 1.74. The second-order valence-corrected chi connectivity index (χ2v) is 10.2. The summed E-state index contributed by atoms with van der Waals surface area (Å²) < 4.78 is 7.91. The van der Waals surface area contributed by atoms with E-state index in [4.69, 9.17) is 4.74 Å². The van der Waals surface area contributed by atoms with E-state index in [0.29, 0.717) is 12.0 Å². The standard InChI is InChI=1S/C27H34N2OS/c1-4-11-28-16-20(18-31-3)13-24-23-9-6-10-25-27(23)21(14-26(24)28)17-29(25)15-19-7-5-8-22(12-19)30-2/h5-10,12,17,20,24,26H,4,11,13-16,18H2,1-3H3/t20?,24-,26-/m1/s1. The summed E-state index contributed by atoms with van der Waals surface area (Å²) in [5.41, 5.74) is 5.82. The van der Waals surface area contributed by atoms with Crippen LogP contribution in [0.4, 0.5) is 0 Å². The maximum atomic E-state index is 5.45. The van der Waals surface area contributed by atoms with E-state index in [1.165, 1.54) is 54.6 Å². The van der Waals surface area contributed by atoms with Crippen molar-refractivity contribution in [1.82, 2.24) is 9.47 Å². The van der Waals surface area contributed by atoms with E-state index in [1.54, 1.807) is 18.2 Å². The molecule has 3 atom stereocenters. The first-order valence-corrected chi connectivity index (χ1v) is 13.1. The number of nitrogens with zero attached hydrogens (tertiary/aromatic N) is 2. The maximum Gasteiger partial charge on any atom is 0.119 e. The summed E-state index contributed by atoms with van der Waals surface area (Å²) in [4.78, 5) is 2.82. The van der Waals surface area contributed by atoms with Gasteiger partial charge in [-0.3, -0.25) is 4.90 Å². The van der Waals surface area contributed by atoms with E-state index in [2.05, 4.69) is 65.2 Å². The molecule has 0 amide bonds. The molecule has 5 rings (SSSR count). The van der Waals surface area contributed by atoms with Crippen molar-refractivity contribution in [2.24, 2.45) is 5.92 Å². The van der Waals surface area contributed by atoms with Gasteiger partial charge in [0.1, 0.15) is 5.75 Å². The third kappa shape index (κ3) is 3.89. The number of thioether (sulfide) groups is 1. The number of benzene rings is 2. The number of piperidine rings is 1. The van der Waals surface area contributed by atoms with Gasteiger partial charge in [-0.05, 0) is 78.6 Å². The lowest BCUT2D eigenvalue weighted by molar-refractivity contribution is 0.0926. The molecule has 1 fully saturated rings. The molecule has 164 valence electrons. The van der Waals surface area contributed by atoms with Crippen LogP contribution < -0.4 is 4.74 Å². The minimum absolute atomic E-state index is 0.656. The second-order valence-electron chi connectivity index (χ2n) is 9.31. The Kier molecular flexibility index (Phi) is 6.03. The smallest absolute Gasteiger partial charge is 0.119 e. The Labute approximate surface area is 190 Å². The quantitative estimate of drug-likeness (QED) is 0.468. The Morgan fingerprint density at radius 1 is 1.16 bits per heavy atom. The predicted molar refractivity (Wildman–Crippen MR) is 133 cm³/mol. The van der Waals surface area contributed by atoms with E-state index in [0.717, 1.165) is 18.2 Å². The average molecular weight is 435 g/mol. The first kappa shape index (κ1) is 21.0. The van der Waals surface area contributed by atoms with Crippen LogP contribution in [0.1, 0.15) is 42.4 Å². The summed E-state index contributed by atoms with van der Waals surface area (Å²) in [6.07, 6.45) is 8.46. The van der Waals surface area contributed by atoms with Crippen LogP contribution in [-0.4, -0.2) is 47.7 Å². The van der Waals surface area contributed by atoms with E-state index >= 15 is 0 Å². The van der Waals surface area contributed by atoms with Gasteiger partial charge in [0.05, 0.1) is 7.11 Å². The van der Waals surface area contributed by atoms with Gasteiger partial charge in [-0.1, -0.05) is 31.2 Å². The van der Waals surface area contributed by atoms with Gasteiger partial charge in [-0.2, -0.15) is 11.8 Å². The highest BCUT2D eigenvalue weighted by Crippen LogP contribution is 2.45. The zero-order valence-electron chi connectivity index (χ0n) is 19.0. The number of rotatable bonds is 7. The average Bonchev–Trinajstić information content (AvgIpc) is 3.13. The van der Waals surface area contributed by atoms with E-state index in [9.17, 15) is 0 Å².